The van der Waals surface area contributed by atoms with Crippen LogP contribution in [0.4, 0.5) is 0 Å². The van der Waals surface area contributed by atoms with Crippen molar-refractivity contribution in [1.82, 2.24) is 0 Å². The zero-order valence-corrected chi connectivity index (χ0v) is 16.4. The predicted octanol–water partition coefficient (Wildman–Crippen LogP) is 4.87. The molecule has 146 valence electrons. The van der Waals surface area contributed by atoms with E-state index in [4.69, 9.17) is 9.15 Å². The molecule has 1 aromatic heterocycles. The second-order valence-corrected chi connectivity index (χ2v) is 8.83. The van der Waals surface area contributed by atoms with Gasteiger partial charge in [-0.15, -0.1) is 0 Å². The lowest BCUT2D eigenvalue weighted by Crippen LogP contribution is -2.46. The van der Waals surface area contributed by atoms with E-state index in [1.54, 1.807) is 12.5 Å². The maximum absolute atomic E-state index is 11.7. The number of rotatable bonds is 2. The summed E-state index contributed by atoms with van der Waals surface area (Å²) in [7, 11) is 0. The van der Waals surface area contributed by atoms with Crippen molar-refractivity contribution in [2.45, 2.75) is 57.5 Å². The summed E-state index contributed by atoms with van der Waals surface area (Å²) >= 11 is 0. The molecule has 2 fully saturated rings. The molecule has 2 saturated carbocycles. The molecule has 4 heteroatoms. The topological polar surface area (TPSA) is 59.7 Å². The highest BCUT2D eigenvalue weighted by molar-refractivity contribution is 5.69. The normalized spacial score (nSPS) is 33.5. The molecule has 3 aliphatic carbocycles. The Hall–Kier alpha value is -2.33. The Kier molecular flexibility index (Phi) is 3.86. The fraction of sp³-hybridized carbons (Fsp3) is 0.458. The number of fused-ring (bicyclic) bond motifs is 5. The van der Waals surface area contributed by atoms with E-state index in [2.05, 4.69) is 19.1 Å². The molecule has 28 heavy (non-hydrogen) atoms. The Morgan fingerprint density at radius 2 is 2.11 bits per heavy atom. The summed E-state index contributed by atoms with van der Waals surface area (Å²) in [5, 5.41) is 11.7. The fourth-order valence-corrected chi connectivity index (χ4v) is 6.16. The van der Waals surface area contributed by atoms with Gasteiger partial charge in [0.1, 0.15) is 5.75 Å². The van der Waals surface area contributed by atoms with Crippen molar-refractivity contribution in [1.29, 1.82) is 0 Å². The Morgan fingerprint density at radius 3 is 2.86 bits per heavy atom. The third kappa shape index (κ3) is 2.37. The smallest absolute Gasteiger partial charge is 0.308 e. The van der Waals surface area contributed by atoms with Crippen molar-refractivity contribution in [2.75, 3.05) is 0 Å². The fourth-order valence-electron chi connectivity index (χ4n) is 6.16. The maximum atomic E-state index is 11.7. The molecule has 0 aliphatic heterocycles. The van der Waals surface area contributed by atoms with Gasteiger partial charge in [-0.2, -0.15) is 0 Å². The molecule has 1 aromatic carbocycles. The van der Waals surface area contributed by atoms with Gasteiger partial charge in [-0.1, -0.05) is 24.6 Å². The van der Waals surface area contributed by atoms with Crippen molar-refractivity contribution < 1.29 is 19.1 Å². The van der Waals surface area contributed by atoms with E-state index < -0.39 is 5.60 Å². The number of hydrogen-bond acceptors (Lipinski definition) is 4. The first-order valence-electron chi connectivity index (χ1n) is 10.2. The van der Waals surface area contributed by atoms with Crippen LogP contribution in [0.5, 0.6) is 5.75 Å². The van der Waals surface area contributed by atoms with Crippen molar-refractivity contribution in [3.05, 3.63) is 65.1 Å². The van der Waals surface area contributed by atoms with Crippen LogP contribution in [0.25, 0.3) is 0 Å². The molecule has 1 heterocycles. The molecular weight excluding hydrogens is 352 g/mol. The van der Waals surface area contributed by atoms with E-state index in [1.807, 2.05) is 18.2 Å². The third-order valence-corrected chi connectivity index (χ3v) is 7.57. The predicted molar refractivity (Wildman–Crippen MR) is 105 cm³/mol. The van der Waals surface area contributed by atoms with Gasteiger partial charge in [-0.05, 0) is 67.3 Å². The molecule has 0 bridgehead atoms. The second-order valence-electron chi connectivity index (χ2n) is 8.83. The monoisotopic (exact) mass is 378 g/mol. The Labute approximate surface area is 165 Å². The standard InChI is InChI=1S/C24H26O4/c1-15(25)28-18-4-6-19-16(13-18)3-5-21-20(19)7-10-23(2)22(21)8-11-24(23,26)17-9-12-27-14-17/h4-6,9,12-14,20,22,26H,3,7-8,10-11H2,1-2H3/t20-,22+,23+,24-/m1/s1. The van der Waals surface area contributed by atoms with E-state index in [-0.39, 0.29) is 11.4 Å². The van der Waals surface area contributed by atoms with Gasteiger partial charge in [-0.25, -0.2) is 0 Å². The molecular formula is C24H26O4. The van der Waals surface area contributed by atoms with Gasteiger partial charge in [0.05, 0.1) is 18.1 Å². The van der Waals surface area contributed by atoms with Gasteiger partial charge < -0.3 is 14.3 Å². The second kappa shape index (κ2) is 6.08. The van der Waals surface area contributed by atoms with Crippen molar-refractivity contribution >= 4 is 5.97 Å². The van der Waals surface area contributed by atoms with Crippen LogP contribution in [0.2, 0.25) is 0 Å². The summed E-state index contributed by atoms with van der Waals surface area (Å²) in [6.45, 7) is 3.69. The van der Waals surface area contributed by atoms with Crippen molar-refractivity contribution in [3.8, 4) is 5.75 Å². The third-order valence-electron chi connectivity index (χ3n) is 7.57. The van der Waals surface area contributed by atoms with Gasteiger partial charge in [0.15, 0.2) is 0 Å². The van der Waals surface area contributed by atoms with Gasteiger partial charge in [0.2, 0.25) is 0 Å². The molecule has 4 atom stereocenters. The van der Waals surface area contributed by atoms with E-state index >= 15 is 0 Å². The Balaban J connectivity index is 1.49. The number of carbonyl (C=O) groups is 1. The SMILES string of the molecule is CC(=O)Oc1ccc2c(c1)CC=C1[C@@H]2CC[C@@]2(C)[C@H]1CC[C@@]2(O)c1ccoc1. The molecule has 0 saturated heterocycles. The molecule has 4 nitrogen and oxygen atoms in total. The van der Waals surface area contributed by atoms with Crippen molar-refractivity contribution in [2.24, 2.45) is 11.3 Å². The van der Waals surface area contributed by atoms with Crippen molar-refractivity contribution in [3.63, 3.8) is 0 Å². The summed E-state index contributed by atoms with van der Waals surface area (Å²) in [5.74, 6) is 1.12. The largest absolute Gasteiger partial charge is 0.472 e. The summed E-state index contributed by atoms with van der Waals surface area (Å²) in [5.41, 5.74) is 4.01. The highest BCUT2D eigenvalue weighted by Crippen LogP contribution is 2.66. The van der Waals surface area contributed by atoms with Gasteiger partial charge in [0.25, 0.3) is 0 Å². The van der Waals surface area contributed by atoms with Crippen LogP contribution in [0.3, 0.4) is 0 Å². The molecule has 0 amide bonds. The Morgan fingerprint density at radius 1 is 1.25 bits per heavy atom. The van der Waals surface area contributed by atoms with Gasteiger partial charge >= 0.3 is 5.97 Å². The number of esters is 1. The molecule has 2 aromatic rings. The number of aliphatic hydroxyl groups is 1. The average Bonchev–Trinajstić information content (AvgIpc) is 3.29. The van der Waals surface area contributed by atoms with Gasteiger partial charge in [-0.3, -0.25) is 4.79 Å². The van der Waals surface area contributed by atoms with E-state index in [9.17, 15) is 9.90 Å². The summed E-state index contributed by atoms with van der Waals surface area (Å²) in [6, 6.07) is 7.97. The molecule has 0 unspecified atom stereocenters. The quantitative estimate of drug-likeness (QED) is 0.460. The number of furan rings is 1. The number of allylic oxidation sites excluding steroid dienone is 2. The van der Waals surface area contributed by atoms with E-state index in [1.165, 1.54) is 23.6 Å². The van der Waals surface area contributed by atoms with E-state index in [0.717, 1.165) is 37.7 Å². The molecule has 1 N–H and O–H groups in total. The lowest BCUT2D eigenvalue weighted by Gasteiger charge is -2.50. The van der Waals surface area contributed by atoms with Crippen LogP contribution >= 0.6 is 0 Å². The number of hydrogen-bond donors (Lipinski definition) is 1. The summed E-state index contributed by atoms with van der Waals surface area (Å²) in [4.78, 5) is 11.3. The number of benzene rings is 1. The first kappa shape index (κ1) is 17.7. The minimum Gasteiger partial charge on any atom is -0.472 e. The minimum absolute atomic E-state index is 0.172. The molecule has 3 aliphatic rings. The van der Waals surface area contributed by atoms with Crippen LogP contribution in [0, 0.1) is 11.3 Å². The highest BCUT2D eigenvalue weighted by Gasteiger charge is 2.61. The van der Waals surface area contributed by atoms with Crippen LogP contribution in [-0.4, -0.2) is 11.1 Å². The van der Waals surface area contributed by atoms with Crippen LogP contribution in [0.15, 0.2) is 52.9 Å². The van der Waals surface area contributed by atoms with E-state index in [0.29, 0.717) is 17.6 Å². The minimum atomic E-state index is -0.823. The molecule has 0 radical (unpaired) electrons. The van der Waals surface area contributed by atoms with Crippen LogP contribution in [0.1, 0.15) is 62.1 Å². The maximum Gasteiger partial charge on any atom is 0.308 e. The summed E-state index contributed by atoms with van der Waals surface area (Å²) < 4.78 is 10.6. The van der Waals surface area contributed by atoms with Crippen LogP contribution < -0.4 is 4.74 Å². The molecule has 0 spiro atoms. The lowest BCUT2D eigenvalue weighted by atomic mass is 9.56. The number of carbonyl (C=O) groups excluding carboxylic acids is 1. The average molecular weight is 378 g/mol. The highest BCUT2D eigenvalue weighted by atomic mass is 16.5. The zero-order valence-electron chi connectivity index (χ0n) is 16.4. The lowest BCUT2D eigenvalue weighted by molar-refractivity contribution is -0.131. The number of ether oxygens (including phenoxy) is 1. The Bertz CT molecular complexity index is 957. The zero-order chi connectivity index (χ0) is 19.5. The molecule has 5 rings (SSSR count). The first-order valence-corrected chi connectivity index (χ1v) is 10.2. The first-order chi connectivity index (χ1) is 13.4. The summed E-state index contributed by atoms with van der Waals surface area (Å²) in [6.07, 6.45) is 10.4. The van der Waals surface area contributed by atoms with Gasteiger partial charge in [0, 0.05) is 23.8 Å². The van der Waals surface area contributed by atoms with Crippen LogP contribution in [-0.2, 0) is 16.8 Å².